The Kier molecular flexibility index (Phi) is 2.98. The van der Waals surface area contributed by atoms with Crippen molar-refractivity contribution in [3.63, 3.8) is 0 Å². The minimum absolute atomic E-state index is 0.245. The summed E-state index contributed by atoms with van der Waals surface area (Å²) < 4.78 is 0. The highest BCUT2D eigenvalue weighted by Crippen LogP contribution is 2.65. The molecule has 0 N–H and O–H groups in total. The molecule has 0 aliphatic heterocycles. The Hall–Kier alpha value is -0.590. The first-order valence-corrected chi connectivity index (χ1v) is 9.19. The Morgan fingerprint density at radius 1 is 1.10 bits per heavy atom. The Bertz CT molecular complexity index is 504. The van der Waals surface area contributed by atoms with Gasteiger partial charge in [-0.05, 0) is 79.6 Å². The fraction of sp³-hybridized carbons (Fsp3) is 0.850. The lowest BCUT2D eigenvalue weighted by atomic mass is 9.47. The molecule has 21 heavy (non-hydrogen) atoms. The Balaban J connectivity index is 1.70. The van der Waals surface area contributed by atoms with E-state index >= 15 is 0 Å². The van der Waals surface area contributed by atoms with Gasteiger partial charge in [0.15, 0.2) is 5.78 Å². The third kappa shape index (κ3) is 1.85. The Morgan fingerprint density at radius 3 is 2.71 bits per heavy atom. The van der Waals surface area contributed by atoms with Crippen molar-refractivity contribution >= 4 is 5.78 Å². The zero-order valence-corrected chi connectivity index (χ0v) is 14.0. The highest BCUT2D eigenvalue weighted by Gasteiger charge is 2.56. The number of allylic oxidation sites excluding steroid dienone is 1. The van der Waals surface area contributed by atoms with Gasteiger partial charge in [0, 0.05) is 5.92 Å². The molecule has 0 bridgehead atoms. The number of carbonyl (C=O) groups excluding carboxylic acids is 1. The second-order valence-electron chi connectivity index (χ2n) is 9.10. The first-order valence-electron chi connectivity index (χ1n) is 9.19. The van der Waals surface area contributed by atoms with Crippen molar-refractivity contribution in [1.29, 1.82) is 0 Å². The van der Waals surface area contributed by atoms with Crippen molar-refractivity contribution in [2.24, 2.45) is 34.5 Å². The van der Waals surface area contributed by atoms with Crippen molar-refractivity contribution in [1.82, 2.24) is 0 Å². The summed E-state index contributed by atoms with van der Waals surface area (Å²) in [6.07, 6.45) is 13.0. The predicted octanol–water partition coefficient (Wildman–Crippen LogP) is 5.15. The maximum absolute atomic E-state index is 12.1. The fourth-order valence-corrected chi connectivity index (χ4v) is 6.89. The summed E-state index contributed by atoms with van der Waals surface area (Å²) in [6, 6.07) is 0. The van der Waals surface area contributed by atoms with Crippen LogP contribution in [0.15, 0.2) is 11.6 Å². The smallest absolute Gasteiger partial charge is 0.158 e. The average Bonchev–Trinajstić information content (AvgIpc) is 2.82. The highest BCUT2D eigenvalue weighted by molar-refractivity contribution is 5.93. The van der Waals surface area contributed by atoms with E-state index < -0.39 is 0 Å². The molecule has 0 amide bonds. The number of ketones is 1. The lowest BCUT2D eigenvalue weighted by Crippen LogP contribution is -2.50. The van der Waals surface area contributed by atoms with Crippen molar-refractivity contribution in [3.8, 4) is 0 Å². The molecule has 4 aliphatic carbocycles. The third-order valence-corrected chi connectivity index (χ3v) is 8.05. The Morgan fingerprint density at radius 2 is 1.90 bits per heavy atom. The molecule has 4 aliphatic rings. The number of hydrogen-bond acceptors (Lipinski definition) is 1. The van der Waals surface area contributed by atoms with Crippen LogP contribution in [-0.2, 0) is 4.79 Å². The normalized spacial score (nSPS) is 52.7. The van der Waals surface area contributed by atoms with Crippen molar-refractivity contribution in [3.05, 3.63) is 11.6 Å². The van der Waals surface area contributed by atoms with Gasteiger partial charge in [0.25, 0.3) is 0 Å². The molecule has 0 saturated heterocycles. The van der Waals surface area contributed by atoms with Gasteiger partial charge in [-0.15, -0.1) is 0 Å². The lowest BCUT2D eigenvalue weighted by Gasteiger charge is -2.58. The van der Waals surface area contributed by atoms with Gasteiger partial charge in [0.1, 0.15) is 0 Å². The van der Waals surface area contributed by atoms with E-state index in [9.17, 15) is 4.79 Å². The standard InChI is InChI=1S/C20H30O/c1-13-12-20(3)14(11-18(13)21)6-7-15-16-5-4-9-19(16,2)10-8-17(15)20/h11,13,15-17H,4-10,12H2,1-3H3/t13?,15-,16-,17-,19-,20-/m0/s1. The van der Waals surface area contributed by atoms with Gasteiger partial charge in [-0.25, -0.2) is 0 Å². The van der Waals surface area contributed by atoms with Crippen LogP contribution >= 0.6 is 0 Å². The number of fused-ring (bicyclic) bond motifs is 5. The maximum Gasteiger partial charge on any atom is 0.158 e. The second-order valence-corrected chi connectivity index (χ2v) is 9.10. The molecule has 0 aromatic carbocycles. The first-order chi connectivity index (χ1) is 9.94. The van der Waals surface area contributed by atoms with Crippen LogP contribution in [0.25, 0.3) is 0 Å². The van der Waals surface area contributed by atoms with Crippen LogP contribution in [0.3, 0.4) is 0 Å². The van der Waals surface area contributed by atoms with E-state index in [-0.39, 0.29) is 5.92 Å². The summed E-state index contributed by atoms with van der Waals surface area (Å²) in [4.78, 5) is 12.1. The molecule has 3 saturated carbocycles. The SMILES string of the molecule is CC1C[C@@]2(C)C(=CC1=O)CC[C@H]1[C@@H]3CCC[C@@]3(C)CC[C@@H]12. The molecule has 6 atom stereocenters. The van der Waals surface area contributed by atoms with Crippen LogP contribution in [-0.4, -0.2) is 5.78 Å². The summed E-state index contributed by atoms with van der Waals surface area (Å²) in [7, 11) is 0. The molecule has 1 heteroatoms. The van der Waals surface area contributed by atoms with Crippen LogP contribution in [0.5, 0.6) is 0 Å². The lowest BCUT2D eigenvalue weighted by molar-refractivity contribution is -0.121. The molecule has 116 valence electrons. The quantitative estimate of drug-likeness (QED) is 0.601. The van der Waals surface area contributed by atoms with Crippen LogP contribution in [0.1, 0.15) is 72.1 Å². The van der Waals surface area contributed by atoms with Gasteiger partial charge in [-0.1, -0.05) is 32.8 Å². The number of carbonyl (C=O) groups is 1. The molecule has 4 rings (SSSR count). The summed E-state index contributed by atoms with van der Waals surface area (Å²) in [6.45, 7) is 7.21. The molecule has 0 radical (unpaired) electrons. The Labute approximate surface area is 129 Å². The zero-order chi connectivity index (χ0) is 14.8. The molecule has 0 spiro atoms. The number of hydrogen-bond donors (Lipinski definition) is 0. The van der Waals surface area contributed by atoms with Gasteiger partial charge in [0.05, 0.1) is 0 Å². The van der Waals surface area contributed by atoms with Crippen LogP contribution in [0.2, 0.25) is 0 Å². The average molecular weight is 286 g/mol. The van der Waals surface area contributed by atoms with Crippen LogP contribution < -0.4 is 0 Å². The maximum atomic E-state index is 12.1. The van der Waals surface area contributed by atoms with Crippen LogP contribution in [0.4, 0.5) is 0 Å². The zero-order valence-electron chi connectivity index (χ0n) is 14.0. The van der Waals surface area contributed by atoms with Crippen molar-refractivity contribution < 1.29 is 4.79 Å². The van der Waals surface area contributed by atoms with E-state index in [2.05, 4.69) is 20.8 Å². The molecule has 0 aromatic rings. The van der Waals surface area contributed by atoms with Gasteiger partial charge in [0.2, 0.25) is 0 Å². The van der Waals surface area contributed by atoms with E-state index in [1.54, 1.807) is 0 Å². The molecule has 1 unspecified atom stereocenters. The molecule has 0 aromatic heterocycles. The monoisotopic (exact) mass is 286 g/mol. The second kappa shape index (κ2) is 4.46. The van der Waals surface area contributed by atoms with Crippen molar-refractivity contribution in [2.45, 2.75) is 72.1 Å². The molecule has 3 fully saturated rings. The van der Waals surface area contributed by atoms with E-state index in [1.165, 1.54) is 50.5 Å². The molecule has 0 heterocycles. The van der Waals surface area contributed by atoms with Gasteiger partial charge < -0.3 is 0 Å². The highest BCUT2D eigenvalue weighted by atomic mass is 16.1. The topological polar surface area (TPSA) is 17.1 Å². The van der Waals surface area contributed by atoms with Gasteiger partial charge in [-0.3, -0.25) is 4.79 Å². The van der Waals surface area contributed by atoms with Crippen LogP contribution in [0, 0.1) is 34.5 Å². The largest absolute Gasteiger partial charge is 0.295 e. The predicted molar refractivity (Wildman–Crippen MR) is 85.9 cm³/mol. The fourth-order valence-electron chi connectivity index (χ4n) is 6.89. The minimum Gasteiger partial charge on any atom is -0.295 e. The molecule has 1 nitrogen and oxygen atoms in total. The minimum atomic E-state index is 0.245. The van der Waals surface area contributed by atoms with E-state index in [1.807, 2.05) is 6.08 Å². The summed E-state index contributed by atoms with van der Waals surface area (Å²) in [5.41, 5.74) is 2.49. The van der Waals surface area contributed by atoms with Gasteiger partial charge in [-0.2, -0.15) is 0 Å². The number of rotatable bonds is 0. The summed E-state index contributed by atoms with van der Waals surface area (Å²) >= 11 is 0. The molecular weight excluding hydrogens is 256 g/mol. The van der Waals surface area contributed by atoms with E-state index in [4.69, 9.17) is 0 Å². The van der Waals surface area contributed by atoms with Crippen molar-refractivity contribution in [2.75, 3.05) is 0 Å². The third-order valence-electron chi connectivity index (χ3n) is 8.05. The van der Waals surface area contributed by atoms with E-state index in [0.29, 0.717) is 16.6 Å². The van der Waals surface area contributed by atoms with E-state index in [0.717, 1.165) is 24.2 Å². The van der Waals surface area contributed by atoms with Gasteiger partial charge >= 0.3 is 0 Å². The first kappa shape index (κ1) is 14.0. The molecular formula is C20H30O. The summed E-state index contributed by atoms with van der Waals surface area (Å²) in [5, 5.41) is 0. The summed E-state index contributed by atoms with van der Waals surface area (Å²) in [5.74, 6) is 3.40.